The van der Waals surface area contributed by atoms with Crippen LogP contribution in [-0.2, 0) is 33.0 Å². The number of aryl methyl sites for hydroxylation is 2. The summed E-state index contributed by atoms with van der Waals surface area (Å²) in [5, 5.41) is 0. The molecule has 0 amide bonds. The highest BCUT2D eigenvalue weighted by Gasteiger charge is 2.02. The van der Waals surface area contributed by atoms with E-state index in [1.54, 1.807) is 44.8 Å². The monoisotopic (exact) mass is 430 g/mol. The number of aromatic nitrogens is 4. The van der Waals surface area contributed by atoms with E-state index in [4.69, 9.17) is 0 Å². The molecular formula is C17H26N4O5S2. The highest BCUT2D eigenvalue weighted by molar-refractivity contribution is 7.94. The van der Waals surface area contributed by atoms with Crippen molar-refractivity contribution >= 4 is 38.2 Å². The fourth-order valence-electron chi connectivity index (χ4n) is 2.19. The van der Waals surface area contributed by atoms with E-state index in [0.717, 1.165) is 0 Å². The quantitative estimate of drug-likeness (QED) is 0.297. The van der Waals surface area contributed by atoms with E-state index in [0.29, 0.717) is 25.9 Å². The van der Waals surface area contributed by atoms with Crippen molar-refractivity contribution in [1.29, 1.82) is 0 Å². The Hall–Kier alpha value is -2.21. The Bertz CT molecular complexity index is 895. The van der Waals surface area contributed by atoms with Gasteiger partial charge in [-0.2, -0.15) is 0 Å². The van der Waals surface area contributed by atoms with E-state index in [-0.39, 0.29) is 11.5 Å². The molecule has 9 nitrogen and oxygen atoms in total. The van der Waals surface area contributed by atoms with Crippen molar-refractivity contribution in [3.05, 3.63) is 50.6 Å². The van der Waals surface area contributed by atoms with Crippen molar-refractivity contribution < 1.29 is 30.9 Å². The van der Waals surface area contributed by atoms with Gasteiger partial charge in [-0.3, -0.25) is 4.21 Å². The lowest BCUT2D eigenvalue weighted by molar-refractivity contribution is -0.696. The second-order valence-corrected chi connectivity index (χ2v) is 9.40. The molecule has 0 radical (unpaired) electrons. The maximum atomic E-state index is 10.7. The van der Waals surface area contributed by atoms with Crippen molar-refractivity contribution in [2.45, 2.75) is 25.9 Å². The van der Waals surface area contributed by atoms with Gasteiger partial charge in [-0.1, -0.05) is 28.8 Å². The van der Waals surface area contributed by atoms with Gasteiger partial charge in [-0.05, 0) is 12.8 Å². The van der Waals surface area contributed by atoms with E-state index >= 15 is 0 Å². The Morgan fingerprint density at radius 1 is 0.857 bits per heavy atom. The molecule has 1 unspecified atom stereocenters. The molecule has 0 fully saturated rings. The fraction of sp³-hybridized carbons (Fsp3) is 0.353. The van der Waals surface area contributed by atoms with Crippen LogP contribution in [0.1, 0.15) is 12.8 Å². The SMILES string of the molecule is C=Cn1cc[n+](CCCS(=C)(=O)[O-])c1.C=Cn1cc[n+](CCCS(=O)(=O)[O-])c1. The van der Waals surface area contributed by atoms with Gasteiger partial charge < -0.3 is 9.11 Å². The standard InChI is InChI=1S/C9H14N2O2S.C8H12N2O3S/c1-3-10-6-7-11(9-10)5-4-8-14(2,12)13;1-2-9-5-6-10(8-9)4-3-7-14(11,12)13/h3,6-7,9H,1-2,4-5,8H2;2,5-6,8H,1,3-4,7H2. The topological polar surface area (TPSA) is 115 Å². The first kappa shape index (κ1) is 23.8. The van der Waals surface area contributed by atoms with Crippen LogP contribution < -0.4 is 9.13 Å². The summed E-state index contributed by atoms with van der Waals surface area (Å²) in [7, 11) is -7.17. The van der Waals surface area contributed by atoms with Gasteiger partial charge in [0.1, 0.15) is 24.8 Å². The number of imidazole rings is 2. The van der Waals surface area contributed by atoms with Crippen molar-refractivity contribution in [2.24, 2.45) is 0 Å². The Kier molecular flexibility index (Phi) is 9.32. The summed E-state index contributed by atoms with van der Waals surface area (Å²) in [6.07, 6.45) is 15.1. The van der Waals surface area contributed by atoms with Crippen LogP contribution in [0, 0.1) is 0 Å². The summed E-state index contributed by atoms with van der Waals surface area (Å²) in [5.74, 6) is 2.87. The van der Waals surface area contributed by atoms with Gasteiger partial charge in [0.2, 0.25) is 12.7 Å². The second-order valence-electron chi connectivity index (χ2n) is 5.98. The molecule has 0 bridgehead atoms. The third-order valence-corrected chi connectivity index (χ3v) is 5.23. The molecule has 28 heavy (non-hydrogen) atoms. The van der Waals surface area contributed by atoms with Crippen LogP contribution in [0.3, 0.4) is 0 Å². The van der Waals surface area contributed by atoms with Crippen LogP contribution >= 0.6 is 0 Å². The molecule has 2 rings (SSSR count). The van der Waals surface area contributed by atoms with E-state index < -0.39 is 19.9 Å². The maximum absolute atomic E-state index is 10.7. The van der Waals surface area contributed by atoms with Gasteiger partial charge >= 0.3 is 0 Å². The third kappa shape index (κ3) is 10.8. The minimum atomic E-state index is -4.08. The predicted molar refractivity (Wildman–Crippen MR) is 107 cm³/mol. The van der Waals surface area contributed by atoms with Gasteiger partial charge in [-0.25, -0.2) is 26.7 Å². The van der Waals surface area contributed by atoms with Gasteiger partial charge in [0, 0.05) is 11.5 Å². The first-order chi connectivity index (χ1) is 13.0. The number of rotatable bonds is 10. The lowest BCUT2D eigenvalue weighted by Gasteiger charge is -2.10. The minimum Gasteiger partial charge on any atom is -0.778 e. The summed E-state index contributed by atoms with van der Waals surface area (Å²) in [5.41, 5.74) is 0. The van der Waals surface area contributed by atoms with Crippen molar-refractivity contribution in [3.63, 3.8) is 0 Å². The molecule has 0 N–H and O–H groups in total. The van der Waals surface area contributed by atoms with E-state index in [9.17, 15) is 21.7 Å². The Morgan fingerprint density at radius 2 is 1.29 bits per heavy atom. The van der Waals surface area contributed by atoms with Crippen molar-refractivity contribution in [2.75, 3.05) is 11.5 Å². The third-order valence-electron chi connectivity index (χ3n) is 3.53. The lowest BCUT2D eigenvalue weighted by Crippen LogP contribution is -2.31. The normalized spacial score (nSPS) is 13.2. The van der Waals surface area contributed by atoms with Crippen molar-refractivity contribution in [1.82, 2.24) is 9.13 Å². The molecule has 11 heteroatoms. The van der Waals surface area contributed by atoms with E-state index in [2.05, 4.69) is 19.0 Å². The molecule has 1 atom stereocenters. The zero-order valence-electron chi connectivity index (χ0n) is 15.6. The van der Waals surface area contributed by atoms with Gasteiger partial charge in [0.15, 0.2) is 0 Å². The molecule has 0 saturated heterocycles. The first-order valence-electron chi connectivity index (χ1n) is 8.40. The van der Waals surface area contributed by atoms with Gasteiger partial charge in [0.25, 0.3) is 0 Å². The number of nitrogens with zero attached hydrogens (tertiary/aromatic N) is 4. The van der Waals surface area contributed by atoms with Crippen LogP contribution in [-0.4, -0.2) is 48.2 Å². The number of hydrogen-bond donors (Lipinski definition) is 0. The summed E-state index contributed by atoms with van der Waals surface area (Å²) < 4.78 is 59.6. The summed E-state index contributed by atoms with van der Waals surface area (Å²) in [6, 6.07) is 0. The second kappa shape index (κ2) is 11.0. The number of hydrogen-bond acceptors (Lipinski definition) is 5. The Balaban J connectivity index is 0.000000280. The molecule has 2 aromatic heterocycles. The van der Waals surface area contributed by atoms with E-state index in [1.165, 1.54) is 0 Å². The predicted octanol–water partition coefficient (Wildman–Crippen LogP) is -0.0756. The van der Waals surface area contributed by atoms with Crippen LogP contribution in [0.25, 0.3) is 12.4 Å². The molecule has 0 aliphatic rings. The Morgan fingerprint density at radius 3 is 1.61 bits per heavy atom. The molecule has 0 saturated carbocycles. The molecule has 0 aromatic carbocycles. The largest absolute Gasteiger partial charge is 0.778 e. The molecule has 2 heterocycles. The maximum Gasteiger partial charge on any atom is 0.248 e. The Labute approximate surface area is 166 Å². The zero-order chi connectivity index (χ0) is 21.2. The summed E-state index contributed by atoms with van der Waals surface area (Å²) in [4.78, 5) is 0. The highest BCUT2D eigenvalue weighted by Crippen LogP contribution is 1.90. The van der Waals surface area contributed by atoms with E-state index in [1.807, 2.05) is 23.3 Å². The van der Waals surface area contributed by atoms with Gasteiger partial charge in [-0.15, -0.1) is 0 Å². The first-order valence-corrected chi connectivity index (χ1v) is 11.8. The lowest BCUT2D eigenvalue weighted by atomic mass is 10.5. The molecule has 0 spiro atoms. The average Bonchev–Trinajstić information content (AvgIpc) is 3.22. The smallest absolute Gasteiger partial charge is 0.248 e. The molecule has 0 aliphatic carbocycles. The average molecular weight is 431 g/mol. The van der Waals surface area contributed by atoms with Crippen LogP contribution in [0.2, 0.25) is 0 Å². The van der Waals surface area contributed by atoms with Gasteiger partial charge in [0.05, 0.1) is 35.6 Å². The zero-order valence-corrected chi connectivity index (χ0v) is 17.3. The molecule has 156 valence electrons. The summed E-state index contributed by atoms with van der Waals surface area (Å²) in [6.45, 7) is 8.37. The summed E-state index contributed by atoms with van der Waals surface area (Å²) >= 11 is 0. The fourth-order valence-corrected chi connectivity index (χ4v) is 3.24. The highest BCUT2D eigenvalue weighted by atomic mass is 32.2. The molecule has 2 aromatic rings. The molecule has 0 aliphatic heterocycles. The van der Waals surface area contributed by atoms with Crippen LogP contribution in [0.4, 0.5) is 0 Å². The van der Waals surface area contributed by atoms with Crippen LogP contribution in [0.15, 0.2) is 50.6 Å². The van der Waals surface area contributed by atoms with Crippen LogP contribution in [0.5, 0.6) is 0 Å². The molecular weight excluding hydrogens is 404 g/mol. The van der Waals surface area contributed by atoms with Crippen molar-refractivity contribution in [3.8, 4) is 0 Å². The minimum absolute atomic E-state index is 0.124.